The van der Waals surface area contributed by atoms with Crippen LogP contribution in [-0.2, 0) is 13.6 Å². The molecule has 5 heteroatoms. The van der Waals surface area contributed by atoms with E-state index in [1.807, 2.05) is 43.4 Å². The number of hydrogen-bond donors (Lipinski definition) is 0. The van der Waals surface area contributed by atoms with E-state index in [2.05, 4.69) is 37.8 Å². The highest BCUT2D eigenvalue weighted by Crippen LogP contribution is 2.26. The van der Waals surface area contributed by atoms with Gasteiger partial charge in [-0.05, 0) is 34.5 Å². The average Bonchev–Trinajstić information content (AvgIpc) is 2.68. The van der Waals surface area contributed by atoms with Gasteiger partial charge in [0.2, 0.25) is 0 Å². The molecule has 0 aliphatic rings. The average molecular weight is 295 g/mol. The Morgan fingerprint density at radius 2 is 2.24 bits per heavy atom. The standard InChI is InChI=1S/C12H15BrN4/c1-9-4-5-14-12(11(9)13)16(2)7-10-6-15-17(3)8-10/h4-6,8H,7H2,1-3H3. The maximum atomic E-state index is 4.39. The van der Waals surface area contributed by atoms with Crippen molar-refractivity contribution in [3.63, 3.8) is 0 Å². The van der Waals surface area contributed by atoms with E-state index in [0.717, 1.165) is 16.8 Å². The fourth-order valence-corrected chi connectivity index (χ4v) is 2.23. The van der Waals surface area contributed by atoms with Crippen LogP contribution in [0.1, 0.15) is 11.1 Å². The zero-order chi connectivity index (χ0) is 12.4. The van der Waals surface area contributed by atoms with Gasteiger partial charge in [0.25, 0.3) is 0 Å². The van der Waals surface area contributed by atoms with Crippen LogP contribution in [0.25, 0.3) is 0 Å². The minimum Gasteiger partial charge on any atom is -0.354 e. The second-order valence-corrected chi connectivity index (χ2v) is 4.94. The van der Waals surface area contributed by atoms with E-state index in [9.17, 15) is 0 Å². The lowest BCUT2D eigenvalue weighted by atomic mass is 10.2. The van der Waals surface area contributed by atoms with Crippen LogP contribution in [0.2, 0.25) is 0 Å². The first kappa shape index (κ1) is 12.1. The first-order chi connectivity index (χ1) is 8.08. The van der Waals surface area contributed by atoms with E-state index in [1.165, 1.54) is 11.1 Å². The summed E-state index contributed by atoms with van der Waals surface area (Å²) in [4.78, 5) is 6.50. The van der Waals surface area contributed by atoms with Crippen LogP contribution in [0.5, 0.6) is 0 Å². The van der Waals surface area contributed by atoms with E-state index in [1.54, 1.807) is 0 Å². The Labute approximate surface area is 109 Å². The summed E-state index contributed by atoms with van der Waals surface area (Å²) >= 11 is 3.57. The highest BCUT2D eigenvalue weighted by molar-refractivity contribution is 9.10. The van der Waals surface area contributed by atoms with Gasteiger partial charge in [0.05, 0.1) is 10.7 Å². The minimum atomic E-state index is 0.795. The Bertz CT molecular complexity index is 521. The SMILES string of the molecule is Cc1ccnc(N(C)Cc2cnn(C)c2)c1Br. The third kappa shape index (κ3) is 2.66. The first-order valence-corrected chi connectivity index (χ1v) is 6.17. The van der Waals surface area contributed by atoms with Crippen LogP contribution in [0.15, 0.2) is 29.1 Å². The van der Waals surface area contributed by atoms with Crippen LogP contribution >= 0.6 is 15.9 Å². The van der Waals surface area contributed by atoms with Crippen molar-refractivity contribution < 1.29 is 0 Å². The predicted octanol–water partition coefficient (Wildman–Crippen LogP) is 2.52. The number of hydrogen-bond acceptors (Lipinski definition) is 3. The van der Waals surface area contributed by atoms with Crippen molar-refractivity contribution in [2.75, 3.05) is 11.9 Å². The summed E-state index contributed by atoms with van der Waals surface area (Å²) < 4.78 is 2.86. The summed E-state index contributed by atoms with van der Waals surface area (Å²) in [5.74, 6) is 0.953. The monoisotopic (exact) mass is 294 g/mol. The number of nitrogens with zero attached hydrogens (tertiary/aromatic N) is 4. The summed E-state index contributed by atoms with van der Waals surface area (Å²) in [6.45, 7) is 2.86. The molecule has 2 aromatic rings. The Kier molecular flexibility index (Phi) is 3.47. The van der Waals surface area contributed by atoms with Gasteiger partial charge >= 0.3 is 0 Å². The highest BCUT2D eigenvalue weighted by atomic mass is 79.9. The number of rotatable bonds is 3. The molecule has 0 unspecified atom stereocenters. The summed E-state index contributed by atoms with van der Waals surface area (Å²) in [5.41, 5.74) is 2.36. The van der Waals surface area contributed by atoms with E-state index >= 15 is 0 Å². The quantitative estimate of drug-likeness (QED) is 0.872. The largest absolute Gasteiger partial charge is 0.354 e. The number of aromatic nitrogens is 3. The molecule has 0 saturated heterocycles. The maximum Gasteiger partial charge on any atom is 0.143 e. The van der Waals surface area contributed by atoms with Crippen LogP contribution in [-0.4, -0.2) is 21.8 Å². The van der Waals surface area contributed by atoms with E-state index in [0.29, 0.717) is 0 Å². The second-order valence-electron chi connectivity index (χ2n) is 4.14. The third-order valence-corrected chi connectivity index (χ3v) is 3.58. The van der Waals surface area contributed by atoms with Gasteiger partial charge in [0.1, 0.15) is 5.82 Å². The van der Waals surface area contributed by atoms with Crippen molar-refractivity contribution in [3.8, 4) is 0 Å². The normalized spacial score (nSPS) is 10.6. The molecule has 90 valence electrons. The van der Waals surface area contributed by atoms with Gasteiger partial charge in [0.15, 0.2) is 0 Å². The number of pyridine rings is 1. The van der Waals surface area contributed by atoms with Crippen LogP contribution in [0.3, 0.4) is 0 Å². The zero-order valence-corrected chi connectivity index (χ0v) is 11.8. The predicted molar refractivity (Wildman–Crippen MR) is 72.0 cm³/mol. The van der Waals surface area contributed by atoms with Crippen LogP contribution < -0.4 is 4.90 Å². The molecule has 0 amide bonds. The molecule has 0 N–H and O–H groups in total. The van der Waals surface area contributed by atoms with E-state index in [4.69, 9.17) is 0 Å². The highest BCUT2D eigenvalue weighted by Gasteiger charge is 2.10. The summed E-state index contributed by atoms with van der Waals surface area (Å²) in [6.07, 6.45) is 5.72. The van der Waals surface area contributed by atoms with Gasteiger partial charge in [-0.2, -0.15) is 5.10 Å². The molecule has 0 bridgehead atoms. The Hall–Kier alpha value is -1.36. The van der Waals surface area contributed by atoms with Gasteiger partial charge < -0.3 is 4.90 Å². The smallest absolute Gasteiger partial charge is 0.143 e. The molecule has 2 aromatic heterocycles. The molecule has 0 spiro atoms. The molecule has 2 rings (SSSR count). The van der Waals surface area contributed by atoms with Gasteiger partial charge in [-0.25, -0.2) is 4.98 Å². The van der Waals surface area contributed by atoms with Gasteiger partial charge in [0, 0.05) is 38.6 Å². The molecule has 0 aliphatic carbocycles. The Balaban J connectivity index is 2.20. The van der Waals surface area contributed by atoms with Crippen molar-refractivity contribution in [1.82, 2.24) is 14.8 Å². The van der Waals surface area contributed by atoms with Gasteiger partial charge in [-0.3, -0.25) is 4.68 Å². The third-order valence-electron chi connectivity index (χ3n) is 2.60. The molecule has 2 heterocycles. The lowest BCUT2D eigenvalue weighted by Gasteiger charge is -2.19. The lowest BCUT2D eigenvalue weighted by molar-refractivity contribution is 0.766. The van der Waals surface area contributed by atoms with Crippen molar-refractivity contribution in [2.45, 2.75) is 13.5 Å². The van der Waals surface area contributed by atoms with Crippen molar-refractivity contribution in [2.24, 2.45) is 7.05 Å². The molecule has 4 nitrogen and oxygen atoms in total. The topological polar surface area (TPSA) is 34.0 Å². The fourth-order valence-electron chi connectivity index (χ4n) is 1.69. The molecule has 0 radical (unpaired) electrons. The molecule has 0 aromatic carbocycles. The Morgan fingerprint density at radius 1 is 1.47 bits per heavy atom. The van der Waals surface area contributed by atoms with Crippen LogP contribution in [0.4, 0.5) is 5.82 Å². The van der Waals surface area contributed by atoms with Crippen molar-refractivity contribution in [3.05, 3.63) is 40.3 Å². The molecule has 0 aliphatic heterocycles. The van der Waals surface area contributed by atoms with Gasteiger partial charge in [-0.15, -0.1) is 0 Å². The van der Waals surface area contributed by atoms with E-state index < -0.39 is 0 Å². The van der Waals surface area contributed by atoms with E-state index in [-0.39, 0.29) is 0 Å². The van der Waals surface area contributed by atoms with Gasteiger partial charge in [-0.1, -0.05) is 0 Å². The Morgan fingerprint density at radius 3 is 2.88 bits per heavy atom. The molecular formula is C12H15BrN4. The minimum absolute atomic E-state index is 0.795. The fraction of sp³-hybridized carbons (Fsp3) is 0.333. The van der Waals surface area contributed by atoms with Crippen molar-refractivity contribution in [1.29, 1.82) is 0 Å². The number of anilines is 1. The second kappa shape index (κ2) is 4.87. The molecular weight excluding hydrogens is 280 g/mol. The first-order valence-electron chi connectivity index (χ1n) is 5.37. The van der Waals surface area contributed by atoms with Crippen LogP contribution in [0, 0.1) is 6.92 Å². The molecule has 17 heavy (non-hydrogen) atoms. The molecule has 0 atom stereocenters. The molecule has 0 saturated carbocycles. The number of halogens is 1. The summed E-state index contributed by atoms with van der Waals surface area (Å²) in [7, 11) is 3.95. The lowest BCUT2D eigenvalue weighted by Crippen LogP contribution is -2.18. The summed E-state index contributed by atoms with van der Waals surface area (Å²) in [6, 6.07) is 1.99. The zero-order valence-electron chi connectivity index (χ0n) is 10.2. The van der Waals surface area contributed by atoms with Crippen molar-refractivity contribution >= 4 is 21.7 Å². The maximum absolute atomic E-state index is 4.39. The summed E-state index contributed by atoms with van der Waals surface area (Å²) in [5, 5.41) is 4.16. The molecule has 0 fully saturated rings. The number of aryl methyl sites for hydroxylation is 2.